The molecule has 0 unspecified atom stereocenters. The van der Waals surface area contributed by atoms with Gasteiger partial charge in [0, 0.05) is 21.9 Å². The number of rotatable bonds is 2. The Morgan fingerprint density at radius 3 is 2.58 bits per heavy atom. The molecule has 0 fully saturated rings. The lowest BCUT2D eigenvalue weighted by Crippen LogP contribution is -1.79. The van der Waals surface area contributed by atoms with Crippen molar-refractivity contribution < 1.29 is 0 Å². The van der Waals surface area contributed by atoms with Crippen LogP contribution in [-0.2, 0) is 0 Å². The maximum absolute atomic E-state index is 4.55. The van der Waals surface area contributed by atoms with Crippen molar-refractivity contribution in [1.82, 2.24) is 0 Å². The van der Waals surface area contributed by atoms with Crippen LogP contribution in [0.15, 0.2) is 57.3 Å². The topological polar surface area (TPSA) is 12.4 Å². The summed E-state index contributed by atoms with van der Waals surface area (Å²) in [5.41, 5.74) is 3.38. The highest BCUT2D eigenvalue weighted by atomic mass is 79.9. The molecule has 3 heteroatoms. The van der Waals surface area contributed by atoms with E-state index < -0.39 is 0 Å². The van der Waals surface area contributed by atoms with Gasteiger partial charge in [-0.1, -0.05) is 35.9 Å². The maximum atomic E-state index is 4.55. The molecule has 1 heterocycles. The molecule has 1 aromatic heterocycles. The number of hydrogen-bond donors (Lipinski definition) is 0. The third kappa shape index (κ3) is 2.62. The summed E-state index contributed by atoms with van der Waals surface area (Å²) < 4.78 is 2.41. The van der Waals surface area contributed by atoms with Crippen molar-refractivity contribution in [2.45, 2.75) is 6.92 Å². The summed E-state index contributed by atoms with van der Waals surface area (Å²) in [4.78, 5) is 4.55. The standard InChI is InChI=1S/C16H12BrNS/c1-11-6-8-12(9-7-11)18-10-14-13-4-2-3-5-15(13)19-16(14)17/h2-10H,1H3. The number of benzene rings is 2. The van der Waals surface area contributed by atoms with Crippen molar-refractivity contribution >= 4 is 49.3 Å². The Hall–Kier alpha value is -1.45. The molecule has 0 radical (unpaired) electrons. The maximum Gasteiger partial charge on any atom is 0.0798 e. The summed E-state index contributed by atoms with van der Waals surface area (Å²) in [6, 6.07) is 16.6. The van der Waals surface area contributed by atoms with Crippen LogP contribution < -0.4 is 0 Å². The molecule has 3 rings (SSSR count). The lowest BCUT2D eigenvalue weighted by molar-refractivity contribution is 1.44. The summed E-state index contributed by atoms with van der Waals surface area (Å²) in [5.74, 6) is 0. The van der Waals surface area contributed by atoms with E-state index in [0.29, 0.717) is 0 Å². The number of aryl methyl sites for hydroxylation is 1. The fourth-order valence-electron chi connectivity index (χ4n) is 1.93. The molecule has 0 saturated carbocycles. The highest BCUT2D eigenvalue weighted by Gasteiger charge is 2.07. The Balaban J connectivity index is 2.01. The summed E-state index contributed by atoms with van der Waals surface area (Å²) in [7, 11) is 0. The summed E-state index contributed by atoms with van der Waals surface area (Å²) in [6.07, 6.45) is 1.94. The van der Waals surface area contributed by atoms with E-state index >= 15 is 0 Å². The van der Waals surface area contributed by atoms with Crippen LogP contribution >= 0.6 is 27.3 Å². The van der Waals surface area contributed by atoms with Crippen molar-refractivity contribution in [3.8, 4) is 0 Å². The largest absolute Gasteiger partial charge is 0.256 e. The first-order valence-corrected chi connectivity index (χ1v) is 7.63. The normalized spacial score (nSPS) is 11.5. The SMILES string of the molecule is Cc1ccc(N=Cc2c(Br)sc3ccccc23)cc1. The van der Waals surface area contributed by atoms with Gasteiger partial charge < -0.3 is 0 Å². The number of aliphatic imine (C=N–C) groups is 1. The Kier molecular flexibility index (Phi) is 3.49. The Morgan fingerprint density at radius 2 is 1.79 bits per heavy atom. The number of thiophene rings is 1. The fraction of sp³-hybridized carbons (Fsp3) is 0.0625. The average Bonchev–Trinajstić information content (AvgIpc) is 2.74. The van der Waals surface area contributed by atoms with Crippen molar-refractivity contribution in [1.29, 1.82) is 0 Å². The van der Waals surface area contributed by atoms with Gasteiger partial charge in [0.05, 0.1) is 9.47 Å². The third-order valence-corrected chi connectivity index (χ3v) is 4.85. The highest BCUT2D eigenvalue weighted by molar-refractivity contribution is 9.11. The van der Waals surface area contributed by atoms with Gasteiger partial charge in [0.25, 0.3) is 0 Å². The van der Waals surface area contributed by atoms with Crippen LogP contribution in [0.1, 0.15) is 11.1 Å². The smallest absolute Gasteiger partial charge is 0.0798 e. The number of fused-ring (bicyclic) bond motifs is 1. The van der Waals surface area contributed by atoms with E-state index in [1.54, 1.807) is 11.3 Å². The van der Waals surface area contributed by atoms with Crippen LogP contribution in [0.4, 0.5) is 5.69 Å². The average molecular weight is 330 g/mol. The minimum absolute atomic E-state index is 0.979. The van der Waals surface area contributed by atoms with E-state index in [1.165, 1.54) is 15.6 Å². The molecule has 0 amide bonds. The minimum atomic E-state index is 0.979. The molecule has 0 bridgehead atoms. The predicted molar refractivity (Wildman–Crippen MR) is 88.0 cm³/mol. The van der Waals surface area contributed by atoms with Gasteiger partial charge in [0.15, 0.2) is 0 Å². The molecule has 0 atom stereocenters. The molecule has 0 spiro atoms. The first kappa shape index (κ1) is 12.6. The van der Waals surface area contributed by atoms with E-state index in [2.05, 4.69) is 64.2 Å². The molecule has 0 aliphatic rings. The third-order valence-electron chi connectivity index (χ3n) is 2.97. The first-order valence-electron chi connectivity index (χ1n) is 6.02. The zero-order valence-electron chi connectivity index (χ0n) is 10.4. The molecule has 94 valence electrons. The first-order chi connectivity index (χ1) is 9.24. The molecule has 1 nitrogen and oxygen atoms in total. The Morgan fingerprint density at radius 1 is 1.05 bits per heavy atom. The lowest BCUT2D eigenvalue weighted by Gasteiger charge is -1.95. The second-order valence-corrected chi connectivity index (χ2v) is 6.75. The molecular weight excluding hydrogens is 318 g/mol. The van der Waals surface area contributed by atoms with Gasteiger partial charge >= 0.3 is 0 Å². The van der Waals surface area contributed by atoms with Gasteiger partial charge in [-0.3, -0.25) is 4.99 Å². The second-order valence-electron chi connectivity index (χ2n) is 4.38. The number of nitrogens with zero attached hydrogens (tertiary/aromatic N) is 1. The van der Waals surface area contributed by atoms with E-state index in [4.69, 9.17) is 0 Å². The van der Waals surface area contributed by atoms with Crippen molar-refractivity contribution in [3.05, 3.63) is 63.4 Å². The minimum Gasteiger partial charge on any atom is -0.256 e. The van der Waals surface area contributed by atoms with Gasteiger partial charge in [-0.25, -0.2) is 0 Å². The van der Waals surface area contributed by atoms with Crippen LogP contribution in [0.25, 0.3) is 10.1 Å². The molecule has 0 saturated heterocycles. The van der Waals surface area contributed by atoms with Crippen molar-refractivity contribution in [2.75, 3.05) is 0 Å². The molecule has 2 aromatic carbocycles. The molecule has 0 aliphatic heterocycles. The van der Waals surface area contributed by atoms with Crippen molar-refractivity contribution in [2.24, 2.45) is 4.99 Å². The van der Waals surface area contributed by atoms with Crippen molar-refractivity contribution in [3.63, 3.8) is 0 Å². The van der Waals surface area contributed by atoms with Crippen LogP contribution in [0.5, 0.6) is 0 Å². The molecule has 0 N–H and O–H groups in total. The van der Waals surface area contributed by atoms with Crippen LogP contribution in [-0.4, -0.2) is 6.21 Å². The predicted octanol–water partition coefficient (Wildman–Crippen LogP) is 5.72. The van der Waals surface area contributed by atoms with Crippen LogP contribution in [0, 0.1) is 6.92 Å². The number of halogens is 1. The van der Waals surface area contributed by atoms with Gasteiger partial charge in [-0.2, -0.15) is 0 Å². The van der Waals surface area contributed by atoms with E-state index in [0.717, 1.165) is 15.0 Å². The quantitative estimate of drug-likeness (QED) is 0.533. The summed E-state index contributed by atoms with van der Waals surface area (Å²) in [5, 5.41) is 1.25. The molecule has 19 heavy (non-hydrogen) atoms. The van der Waals surface area contributed by atoms with Gasteiger partial charge in [-0.15, -0.1) is 11.3 Å². The fourth-order valence-corrected chi connectivity index (χ4v) is 3.67. The Labute approximate surface area is 124 Å². The van der Waals surface area contributed by atoms with E-state index in [-0.39, 0.29) is 0 Å². The van der Waals surface area contributed by atoms with E-state index in [9.17, 15) is 0 Å². The van der Waals surface area contributed by atoms with Crippen LogP contribution in [0.3, 0.4) is 0 Å². The Bertz CT molecular complexity index is 741. The second kappa shape index (κ2) is 5.27. The summed E-state index contributed by atoms with van der Waals surface area (Å²) in [6.45, 7) is 2.08. The van der Waals surface area contributed by atoms with E-state index in [1.807, 2.05) is 18.3 Å². The van der Waals surface area contributed by atoms with Gasteiger partial charge in [0.1, 0.15) is 0 Å². The number of hydrogen-bond acceptors (Lipinski definition) is 2. The molecule has 3 aromatic rings. The zero-order valence-corrected chi connectivity index (χ0v) is 12.8. The monoisotopic (exact) mass is 329 g/mol. The molecular formula is C16H12BrNS. The zero-order chi connectivity index (χ0) is 13.2. The molecule has 0 aliphatic carbocycles. The van der Waals surface area contributed by atoms with Gasteiger partial charge in [0.2, 0.25) is 0 Å². The highest BCUT2D eigenvalue weighted by Crippen LogP contribution is 2.34. The summed E-state index contributed by atoms with van der Waals surface area (Å²) >= 11 is 5.36. The lowest BCUT2D eigenvalue weighted by atomic mass is 10.2. The van der Waals surface area contributed by atoms with Crippen LogP contribution in [0.2, 0.25) is 0 Å². The van der Waals surface area contributed by atoms with Gasteiger partial charge in [-0.05, 0) is 41.1 Å².